The fourth-order valence-corrected chi connectivity index (χ4v) is 4.13. The first-order valence-corrected chi connectivity index (χ1v) is 8.28. The molecular weight excluding hydrogens is 246 g/mol. The van der Waals surface area contributed by atoms with Gasteiger partial charge in [0.15, 0.2) is 0 Å². The molecule has 0 saturated heterocycles. The number of aryl methyl sites for hydroxylation is 1. The molecule has 2 heteroatoms. The van der Waals surface area contributed by atoms with E-state index >= 15 is 0 Å². The second-order valence-electron chi connectivity index (χ2n) is 6.77. The maximum atomic E-state index is 9.64. The summed E-state index contributed by atoms with van der Waals surface area (Å²) in [5.41, 5.74) is 3.30. The summed E-state index contributed by atoms with van der Waals surface area (Å²) in [7, 11) is 0. The summed E-state index contributed by atoms with van der Waals surface area (Å²) in [6.45, 7) is 3.51. The molecule has 1 aromatic carbocycles. The van der Waals surface area contributed by atoms with Gasteiger partial charge in [0.1, 0.15) is 5.75 Å². The highest BCUT2D eigenvalue weighted by Gasteiger charge is 2.33. The van der Waals surface area contributed by atoms with Gasteiger partial charge in [-0.2, -0.15) is 0 Å². The van der Waals surface area contributed by atoms with Gasteiger partial charge < -0.3 is 10.4 Å². The lowest BCUT2D eigenvalue weighted by atomic mass is 9.82. The van der Waals surface area contributed by atoms with Crippen molar-refractivity contribution in [3.63, 3.8) is 0 Å². The molecule has 1 saturated carbocycles. The van der Waals surface area contributed by atoms with E-state index < -0.39 is 0 Å². The molecule has 0 aliphatic heterocycles. The van der Waals surface area contributed by atoms with Gasteiger partial charge in [-0.25, -0.2) is 0 Å². The molecule has 1 fully saturated rings. The maximum absolute atomic E-state index is 9.64. The van der Waals surface area contributed by atoms with Crippen LogP contribution in [-0.4, -0.2) is 11.7 Å². The predicted molar refractivity (Wildman–Crippen MR) is 83.0 cm³/mol. The third-order valence-electron chi connectivity index (χ3n) is 5.58. The van der Waals surface area contributed by atoms with Gasteiger partial charge in [0, 0.05) is 12.6 Å². The smallest absolute Gasteiger partial charge is 0.115 e. The molecule has 2 aliphatic carbocycles. The number of nitrogens with one attached hydrogen (secondary N) is 1. The fourth-order valence-electron chi connectivity index (χ4n) is 4.13. The van der Waals surface area contributed by atoms with E-state index in [-0.39, 0.29) is 0 Å². The summed E-state index contributed by atoms with van der Waals surface area (Å²) in [5.74, 6) is 0.408. The maximum Gasteiger partial charge on any atom is 0.115 e. The van der Waals surface area contributed by atoms with Crippen LogP contribution in [0.3, 0.4) is 0 Å². The molecule has 0 bridgehead atoms. The van der Waals surface area contributed by atoms with Crippen molar-refractivity contribution in [2.75, 3.05) is 6.54 Å². The van der Waals surface area contributed by atoms with E-state index in [4.69, 9.17) is 0 Å². The van der Waals surface area contributed by atoms with Crippen molar-refractivity contribution >= 4 is 0 Å². The normalized spacial score (nSPS) is 24.6. The van der Waals surface area contributed by atoms with E-state index in [0.29, 0.717) is 17.2 Å². The van der Waals surface area contributed by atoms with Crippen LogP contribution in [0.25, 0.3) is 0 Å². The van der Waals surface area contributed by atoms with Crippen molar-refractivity contribution in [3.05, 3.63) is 29.3 Å². The third-order valence-corrected chi connectivity index (χ3v) is 5.58. The number of hydrogen-bond acceptors (Lipinski definition) is 2. The Labute approximate surface area is 122 Å². The Balaban J connectivity index is 1.70. The van der Waals surface area contributed by atoms with Crippen LogP contribution in [-0.2, 0) is 6.42 Å². The molecule has 0 radical (unpaired) electrons. The SMILES string of the molecule is CCC1(CNC2CCCc3cc(O)ccc32)CCCC1. The number of benzene rings is 1. The molecule has 3 rings (SSSR count). The minimum Gasteiger partial charge on any atom is -0.508 e. The zero-order chi connectivity index (χ0) is 14.0. The topological polar surface area (TPSA) is 32.3 Å². The molecular formula is C18H27NO. The molecule has 0 aromatic heterocycles. The van der Waals surface area contributed by atoms with E-state index in [1.54, 1.807) is 0 Å². The molecule has 0 heterocycles. The molecule has 2 nitrogen and oxygen atoms in total. The summed E-state index contributed by atoms with van der Waals surface area (Å²) < 4.78 is 0. The lowest BCUT2D eigenvalue weighted by Crippen LogP contribution is -2.35. The van der Waals surface area contributed by atoms with Crippen molar-refractivity contribution in [2.45, 2.75) is 64.3 Å². The molecule has 1 unspecified atom stereocenters. The molecule has 1 aromatic rings. The van der Waals surface area contributed by atoms with Gasteiger partial charge in [-0.3, -0.25) is 0 Å². The molecule has 0 spiro atoms. The van der Waals surface area contributed by atoms with Crippen LogP contribution in [0.2, 0.25) is 0 Å². The highest BCUT2D eigenvalue weighted by atomic mass is 16.3. The van der Waals surface area contributed by atoms with Crippen LogP contribution in [0.5, 0.6) is 5.75 Å². The number of fused-ring (bicyclic) bond motifs is 1. The van der Waals surface area contributed by atoms with Crippen LogP contribution >= 0.6 is 0 Å². The fraction of sp³-hybridized carbons (Fsp3) is 0.667. The standard InChI is InChI=1S/C18H27NO/c1-2-18(10-3-4-11-18)13-19-17-7-5-6-14-12-15(20)8-9-16(14)17/h8-9,12,17,19-20H,2-7,10-11,13H2,1H3. The van der Waals surface area contributed by atoms with Crippen LogP contribution < -0.4 is 5.32 Å². The molecule has 20 heavy (non-hydrogen) atoms. The van der Waals surface area contributed by atoms with Gasteiger partial charge in [-0.1, -0.05) is 25.8 Å². The van der Waals surface area contributed by atoms with Crippen molar-refractivity contribution in [1.29, 1.82) is 0 Å². The average molecular weight is 273 g/mol. The zero-order valence-corrected chi connectivity index (χ0v) is 12.6. The van der Waals surface area contributed by atoms with E-state index in [1.165, 1.54) is 56.1 Å². The Kier molecular flexibility index (Phi) is 4.02. The second kappa shape index (κ2) is 5.77. The number of phenolic OH excluding ortho intramolecular Hbond substituents is 1. The monoisotopic (exact) mass is 273 g/mol. The van der Waals surface area contributed by atoms with E-state index in [9.17, 15) is 5.11 Å². The summed E-state index contributed by atoms with van der Waals surface area (Å²) >= 11 is 0. The van der Waals surface area contributed by atoms with Crippen molar-refractivity contribution in [2.24, 2.45) is 5.41 Å². The van der Waals surface area contributed by atoms with Crippen LogP contribution in [0, 0.1) is 5.41 Å². The van der Waals surface area contributed by atoms with Crippen LogP contribution in [0.1, 0.15) is 69.0 Å². The summed E-state index contributed by atoms with van der Waals surface area (Å²) in [4.78, 5) is 0. The van der Waals surface area contributed by atoms with Crippen molar-refractivity contribution in [1.82, 2.24) is 5.32 Å². The zero-order valence-electron chi connectivity index (χ0n) is 12.6. The van der Waals surface area contributed by atoms with Gasteiger partial charge in [0.25, 0.3) is 0 Å². The molecule has 2 aliphatic rings. The Hall–Kier alpha value is -1.02. The van der Waals surface area contributed by atoms with Crippen molar-refractivity contribution < 1.29 is 5.11 Å². The first-order chi connectivity index (χ1) is 9.72. The first kappa shape index (κ1) is 13.9. The van der Waals surface area contributed by atoms with Gasteiger partial charge in [0.2, 0.25) is 0 Å². The number of phenols is 1. The van der Waals surface area contributed by atoms with Crippen LogP contribution in [0.4, 0.5) is 0 Å². The van der Waals surface area contributed by atoms with E-state index in [2.05, 4.69) is 18.3 Å². The second-order valence-corrected chi connectivity index (χ2v) is 6.77. The number of rotatable bonds is 4. The van der Waals surface area contributed by atoms with Gasteiger partial charge in [0.05, 0.1) is 0 Å². The molecule has 110 valence electrons. The first-order valence-electron chi connectivity index (χ1n) is 8.28. The van der Waals surface area contributed by atoms with Gasteiger partial charge in [-0.05, 0) is 67.2 Å². The Bertz CT molecular complexity index is 462. The van der Waals surface area contributed by atoms with Crippen molar-refractivity contribution in [3.8, 4) is 5.75 Å². The largest absolute Gasteiger partial charge is 0.508 e. The quantitative estimate of drug-likeness (QED) is 0.856. The lowest BCUT2D eigenvalue weighted by Gasteiger charge is -2.33. The molecule has 0 amide bonds. The van der Waals surface area contributed by atoms with Gasteiger partial charge >= 0.3 is 0 Å². The van der Waals surface area contributed by atoms with Crippen LogP contribution in [0.15, 0.2) is 18.2 Å². The third kappa shape index (κ3) is 2.71. The minimum absolute atomic E-state index is 0.408. The van der Waals surface area contributed by atoms with E-state index in [1.807, 2.05) is 12.1 Å². The minimum atomic E-state index is 0.408. The predicted octanol–water partition coefficient (Wildman–Crippen LogP) is 4.33. The Morgan fingerprint density at radius 3 is 2.80 bits per heavy atom. The highest BCUT2D eigenvalue weighted by molar-refractivity contribution is 5.38. The Morgan fingerprint density at radius 1 is 1.25 bits per heavy atom. The Morgan fingerprint density at radius 2 is 2.05 bits per heavy atom. The molecule has 2 N–H and O–H groups in total. The lowest BCUT2D eigenvalue weighted by molar-refractivity contribution is 0.250. The summed E-state index contributed by atoms with van der Waals surface area (Å²) in [5, 5.41) is 13.5. The highest BCUT2D eigenvalue weighted by Crippen LogP contribution is 2.41. The van der Waals surface area contributed by atoms with E-state index in [0.717, 1.165) is 13.0 Å². The summed E-state index contributed by atoms with van der Waals surface area (Å²) in [6.07, 6.45) is 10.5. The molecule has 1 atom stereocenters. The van der Waals surface area contributed by atoms with Gasteiger partial charge in [-0.15, -0.1) is 0 Å². The number of aromatic hydroxyl groups is 1. The number of hydrogen-bond donors (Lipinski definition) is 2. The summed E-state index contributed by atoms with van der Waals surface area (Å²) in [6, 6.07) is 6.40. The average Bonchev–Trinajstić information content (AvgIpc) is 2.94.